The van der Waals surface area contributed by atoms with E-state index in [-0.39, 0.29) is 11.8 Å². The van der Waals surface area contributed by atoms with E-state index < -0.39 is 6.17 Å². The fraction of sp³-hybridized carbons (Fsp3) is 0.286. The summed E-state index contributed by atoms with van der Waals surface area (Å²) >= 11 is 0. The molecule has 0 radical (unpaired) electrons. The molecule has 0 bridgehead atoms. The average Bonchev–Trinajstić information content (AvgIpc) is 3.21. The molecule has 0 aromatic heterocycles. The topological polar surface area (TPSA) is 108 Å². The van der Waals surface area contributed by atoms with Gasteiger partial charge in [0.1, 0.15) is 6.17 Å². The molecule has 2 amide bonds. The lowest BCUT2D eigenvalue weighted by Gasteiger charge is -2.27. The quantitative estimate of drug-likeness (QED) is 0.387. The summed E-state index contributed by atoms with van der Waals surface area (Å²) in [7, 11) is 7.79. The van der Waals surface area contributed by atoms with Crippen LogP contribution in [-0.4, -0.2) is 65.4 Å². The van der Waals surface area contributed by atoms with Gasteiger partial charge in [-0.15, -0.1) is 0 Å². The molecule has 1 heterocycles. The van der Waals surface area contributed by atoms with Gasteiger partial charge in [-0.05, 0) is 36.4 Å². The van der Waals surface area contributed by atoms with E-state index in [0.29, 0.717) is 53.0 Å². The van der Waals surface area contributed by atoms with Gasteiger partial charge in [-0.3, -0.25) is 9.59 Å². The predicted molar refractivity (Wildman–Crippen MR) is 143 cm³/mol. The van der Waals surface area contributed by atoms with Crippen molar-refractivity contribution in [2.45, 2.75) is 6.17 Å². The van der Waals surface area contributed by atoms with Crippen molar-refractivity contribution in [2.24, 2.45) is 0 Å². The molecule has 10 nitrogen and oxygen atoms in total. The van der Waals surface area contributed by atoms with Gasteiger partial charge in [0, 0.05) is 53.9 Å². The van der Waals surface area contributed by atoms with Gasteiger partial charge in [0.05, 0.1) is 35.0 Å². The summed E-state index contributed by atoms with van der Waals surface area (Å²) < 4.78 is 26.5. The summed E-state index contributed by atoms with van der Waals surface area (Å²) in [6.07, 6.45) is -0.464. The molecule has 3 aromatic carbocycles. The first-order valence-corrected chi connectivity index (χ1v) is 11.9. The van der Waals surface area contributed by atoms with Gasteiger partial charge in [0.15, 0.2) is 23.0 Å². The molecular formula is C28H31N3O7. The second-order valence-electron chi connectivity index (χ2n) is 8.43. The summed E-state index contributed by atoms with van der Waals surface area (Å²) in [6.45, 7) is 0.721. The van der Waals surface area contributed by atoms with Crippen LogP contribution in [0, 0.1) is 0 Å². The van der Waals surface area contributed by atoms with Gasteiger partial charge in [-0.25, -0.2) is 0 Å². The summed E-state index contributed by atoms with van der Waals surface area (Å²) in [5, 5.41) is 6.26. The van der Waals surface area contributed by atoms with Crippen molar-refractivity contribution in [2.75, 3.05) is 59.3 Å². The van der Waals surface area contributed by atoms with Gasteiger partial charge in [-0.2, -0.15) is 0 Å². The van der Waals surface area contributed by atoms with Crippen LogP contribution < -0.4 is 29.6 Å². The van der Waals surface area contributed by atoms with Crippen LogP contribution in [0.1, 0.15) is 32.4 Å². The highest BCUT2D eigenvalue weighted by atomic mass is 16.5. The summed E-state index contributed by atoms with van der Waals surface area (Å²) in [5.41, 5.74) is 2.83. The second-order valence-corrected chi connectivity index (χ2v) is 8.43. The number of hydrogen-bond acceptors (Lipinski definition) is 8. The third kappa shape index (κ3) is 5.30. The van der Waals surface area contributed by atoms with Crippen LogP contribution in [0.5, 0.6) is 23.0 Å². The standard InChI is InChI=1S/C28H31N3O7/c1-34-13-12-31-26(29-18-7-10-22(35-2)24(15-18)37-4)20-9-6-17(14-21(20)28(31)33)27(32)30-19-8-11-23(36-3)25(16-19)38-5/h6-11,14-16,26,29H,12-13H2,1-5H3,(H,30,32)/t26-/m1/s1. The van der Waals surface area contributed by atoms with Crippen LogP contribution >= 0.6 is 0 Å². The number of anilines is 2. The van der Waals surface area contributed by atoms with Crippen molar-refractivity contribution in [1.82, 2.24) is 4.90 Å². The Hall–Kier alpha value is -4.44. The molecule has 10 heteroatoms. The number of rotatable bonds is 11. The van der Waals surface area contributed by atoms with Gasteiger partial charge in [0.2, 0.25) is 0 Å². The average molecular weight is 522 g/mol. The number of methoxy groups -OCH3 is 5. The van der Waals surface area contributed by atoms with E-state index >= 15 is 0 Å². The number of amides is 2. The largest absolute Gasteiger partial charge is 0.493 e. The Morgan fingerprint density at radius 1 is 0.789 bits per heavy atom. The van der Waals surface area contributed by atoms with Crippen LogP contribution in [0.15, 0.2) is 54.6 Å². The van der Waals surface area contributed by atoms with E-state index in [1.165, 1.54) is 7.11 Å². The third-order valence-electron chi connectivity index (χ3n) is 6.28. The first-order chi connectivity index (χ1) is 18.4. The summed E-state index contributed by atoms with van der Waals surface area (Å²) in [6, 6.07) is 15.7. The minimum Gasteiger partial charge on any atom is -0.493 e. The number of fused-ring (bicyclic) bond motifs is 1. The lowest BCUT2D eigenvalue weighted by atomic mass is 10.0. The Balaban J connectivity index is 1.61. The Kier molecular flexibility index (Phi) is 8.22. The van der Waals surface area contributed by atoms with E-state index in [1.54, 1.807) is 81.9 Å². The zero-order valence-corrected chi connectivity index (χ0v) is 22.0. The minimum atomic E-state index is -0.464. The molecule has 0 saturated heterocycles. The lowest BCUT2D eigenvalue weighted by Crippen LogP contribution is -2.35. The van der Waals surface area contributed by atoms with Crippen LogP contribution in [0.25, 0.3) is 0 Å². The number of benzene rings is 3. The Bertz CT molecular complexity index is 1330. The second kappa shape index (κ2) is 11.7. The molecule has 0 aliphatic carbocycles. The van der Waals surface area contributed by atoms with Gasteiger partial charge >= 0.3 is 0 Å². The zero-order chi connectivity index (χ0) is 27.2. The Morgan fingerprint density at radius 3 is 2.00 bits per heavy atom. The fourth-order valence-electron chi connectivity index (χ4n) is 4.34. The number of ether oxygens (including phenoxy) is 5. The van der Waals surface area contributed by atoms with Crippen molar-refractivity contribution in [3.8, 4) is 23.0 Å². The van der Waals surface area contributed by atoms with Crippen LogP contribution in [0.2, 0.25) is 0 Å². The molecule has 2 N–H and O–H groups in total. The predicted octanol–water partition coefficient (Wildman–Crippen LogP) is 4.19. The van der Waals surface area contributed by atoms with Crippen molar-refractivity contribution in [3.63, 3.8) is 0 Å². The van der Waals surface area contributed by atoms with Crippen LogP contribution in [-0.2, 0) is 4.74 Å². The van der Waals surface area contributed by atoms with E-state index in [2.05, 4.69) is 10.6 Å². The maximum absolute atomic E-state index is 13.4. The molecule has 0 saturated carbocycles. The van der Waals surface area contributed by atoms with Crippen molar-refractivity contribution in [1.29, 1.82) is 0 Å². The summed E-state index contributed by atoms with van der Waals surface area (Å²) in [5.74, 6) is 1.66. The smallest absolute Gasteiger partial charge is 0.256 e. The lowest BCUT2D eigenvalue weighted by molar-refractivity contribution is 0.0674. The fourth-order valence-corrected chi connectivity index (χ4v) is 4.34. The molecule has 1 atom stereocenters. The third-order valence-corrected chi connectivity index (χ3v) is 6.28. The monoisotopic (exact) mass is 521 g/mol. The van der Waals surface area contributed by atoms with Crippen molar-refractivity contribution < 1.29 is 33.3 Å². The van der Waals surface area contributed by atoms with Crippen LogP contribution in [0.4, 0.5) is 11.4 Å². The van der Waals surface area contributed by atoms with Gasteiger partial charge in [-0.1, -0.05) is 6.07 Å². The molecule has 4 rings (SSSR count). The summed E-state index contributed by atoms with van der Waals surface area (Å²) in [4.78, 5) is 28.2. The van der Waals surface area contributed by atoms with Crippen molar-refractivity contribution >= 4 is 23.2 Å². The zero-order valence-electron chi connectivity index (χ0n) is 22.0. The number of nitrogens with zero attached hydrogens (tertiary/aromatic N) is 1. The maximum Gasteiger partial charge on any atom is 0.256 e. The minimum absolute atomic E-state index is 0.198. The van der Waals surface area contributed by atoms with Gasteiger partial charge < -0.3 is 39.2 Å². The molecule has 3 aromatic rings. The first kappa shape index (κ1) is 26.6. The molecule has 0 spiro atoms. The number of carbonyl (C=O) groups is 2. The highest BCUT2D eigenvalue weighted by Gasteiger charge is 2.37. The molecule has 0 unspecified atom stereocenters. The highest BCUT2D eigenvalue weighted by molar-refractivity contribution is 6.07. The van der Waals surface area contributed by atoms with E-state index in [0.717, 1.165) is 11.3 Å². The van der Waals surface area contributed by atoms with E-state index in [1.807, 2.05) is 6.07 Å². The number of hydrogen-bond donors (Lipinski definition) is 2. The molecule has 0 fully saturated rings. The molecule has 1 aliphatic heterocycles. The molecule has 200 valence electrons. The van der Waals surface area contributed by atoms with Crippen molar-refractivity contribution in [3.05, 3.63) is 71.3 Å². The molecule has 1 aliphatic rings. The maximum atomic E-state index is 13.4. The van der Waals surface area contributed by atoms with Gasteiger partial charge in [0.25, 0.3) is 11.8 Å². The van der Waals surface area contributed by atoms with Crippen LogP contribution in [0.3, 0.4) is 0 Å². The number of nitrogens with one attached hydrogen (secondary N) is 2. The van der Waals surface area contributed by atoms with E-state index in [9.17, 15) is 9.59 Å². The first-order valence-electron chi connectivity index (χ1n) is 11.9. The Labute approximate surface area is 221 Å². The highest BCUT2D eigenvalue weighted by Crippen LogP contribution is 2.37. The molecular weight excluding hydrogens is 490 g/mol. The molecule has 38 heavy (non-hydrogen) atoms. The van der Waals surface area contributed by atoms with E-state index in [4.69, 9.17) is 23.7 Å². The number of carbonyl (C=O) groups excluding carboxylic acids is 2. The Morgan fingerprint density at radius 2 is 1.39 bits per heavy atom. The normalized spacial score (nSPS) is 14.1. The SMILES string of the molecule is COCCN1C(=O)c2cc(C(=O)Nc3ccc(OC)c(OC)c3)ccc2[C@@H]1Nc1ccc(OC)c(OC)c1.